The molecule has 2 aromatic rings. The molecular formula is C17H16O4. The first-order chi connectivity index (χ1) is 10.0. The number of carbonyl (C=O) groups is 2. The van der Waals surface area contributed by atoms with Crippen molar-refractivity contribution < 1.29 is 18.7 Å². The van der Waals surface area contributed by atoms with Gasteiger partial charge in [-0.25, -0.2) is 4.79 Å². The molecule has 0 aliphatic heterocycles. The third-order valence-corrected chi connectivity index (χ3v) is 3.09. The number of rotatable bonds is 4. The maximum atomic E-state index is 11.9. The number of ketones is 1. The second kappa shape index (κ2) is 6.22. The standard InChI is InChI=1S/C17H16O4/c1-11(18)15-9-14(21-12(15)2)10-16(17(19)20-3)13-7-5-4-6-8-13/h4-10H,1-3H3/b16-10+. The summed E-state index contributed by atoms with van der Waals surface area (Å²) in [6.07, 6.45) is 1.58. The number of hydrogen-bond donors (Lipinski definition) is 0. The predicted octanol–water partition coefficient (Wildman–Crippen LogP) is 3.50. The van der Waals surface area contributed by atoms with E-state index in [2.05, 4.69) is 0 Å². The Hall–Kier alpha value is -2.62. The van der Waals surface area contributed by atoms with Crippen LogP contribution in [0.3, 0.4) is 0 Å². The fraction of sp³-hybridized carbons (Fsp3) is 0.176. The van der Waals surface area contributed by atoms with E-state index in [4.69, 9.17) is 9.15 Å². The highest BCUT2D eigenvalue weighted by molar-refractivity contribution is 6.21. The van der Waals surface area contributed by atoms with Crippen molar-refractivity contribution in [3.05, 3.63) is 59.0 Å². The van der Waals surface area contributed by atoms with Crippen LogP contribution in [0.4, 0.5) is 0 Å². The number of furan rings is 1. The Morgan fingerprint density at radius 2 is 1.86 bits per heavy atom. The summed E-state index contributed by atoms with van der Waals surface area (Å²) in [5.41, 5.74) is 1.61. The van der Waals surface area contributed by atoms with E-state index in [0.717, 1.165) is 5.56 Å². The van der Waals surface area contributed by atoms with Crippen LogP contribution < -0.4 is 0 Å². The number of carbonyl (C=O) groups excluding carboxylic acids is 2. The van der Waals surface area contributed by atoms with E-state index in [1.54, 1.807) is 19.1 Å². The van der Waals surface area contributed by atoms with Gasteiger partial charge in [-0.3, -0.25) is 4.79 Å². The Morgan fingerprint density at radius 3 is 2.38 bits per heavy atom. The first kappa shape index (κ1) is 14.8. The van der Waals surface area contributed by atoms with Crippen LogP contribution in [0.5, 0.6) is 0 Å². The van der Waals surface area contributed by atoms with Crippen molar-refractivity contribution in [2.24, 2.45) is 0 Å². The molecule has 0 N–H and O–H groups in total. The third-order valence-electron chi connectivity index (χ3n) is 3.09. The molecule has 108 valence electrons. The van der Waals surface area contributed by atoms with Crippen LogP contribution in [-0.4, -0.2) is 18.9 Å². The summed E-state index contributed by atoms with van der Waals surface area (Å²) >= 11 is 0. The van der Waals surface area contributed by atoms with Gasteiger partial charge in [-0.1, -0.05) is 30.3 Å². The third kappa shape index (κ3) is 3.28. The molecular weight excluding hydrogens is 268 g/mol. The lowest BCUT2D eigenvalue weighted by Crippen LogP contribution is -2.03. The van der Waals surface area contributed by atoms with E-state index >= 15 is 0 Å². The first-order valence-electron chi connectivity index (χ1n) is 6.49. The monoisotopic (exact) mass is 284 g/mol. The molecule has 2 rings (SSSR count). The van der Waals surface area contributed by atoms with Crippen molar-refractivity contribution >= 4 is 23.4 Å². The Morgan fingerprint density at radius 1 is 1.19 bits per heavy atom. The summed E-state index contributed by atoms with van der Waals surface area (Å²) in [7, 11) is 1.33. The fourth-order valence-corrected chi connectivity index (χ4v) is 2.06. The Balaban J connectivity index is 2.49. The van der Waals surface area contributed by atoms with Gasteiger partial charge in [-0.05, 0) is 31.6 Å². The number of hydrogen-bond acceptors (Lipinski definition) is 4. The summed E-state index contributed by atoms with van der Waals surface area (Å²) in [5, 5.41) is 0. The quantitative estimate of drug-likeness (QED) is 0.490. The minimum Gasteiger partial charge on any atom is -0.465 e. The molecule has 1 aromatic carbocycles. The van der Waals surface area contributed by atoms with Crippen LogP contribution in [0.25, 0.3) is 11.6 Å². The van der Waals surface area contributed by atoms with Gasteiger partial charge in [0.2, 0.25) is 0 Å². The fourth-order valence-electron chi connectivity index (χ4n) is 2.06. The molecule has 0 aliphatic rings. The molecule has 0 atom stereocenters. The van der Waals surface area contributed by atoms with Gasteiger partial charge in [0.1, 0.15) is 11.5 Å². The molecule has 0 bridgehead atoms. The highest BCUT2D eigenvalue weighted by Gasteiger charge is 2.15. The summed E-state index contributed by atoms with van der Waals surface area (Å²) in [4.78, 5) is 23.4. The minimum atomic E-state index is -0.459. The van der Waals surface area contributed by atoms with Crippen LogP contribution >= 0.6 is 0 Å². The molecule has 1 heterocycles. The van der Waals surface area contributed by atoms with Crippen LogP contribution in [-0.2, 0) is 9.53 Å². The van der Waals surface area contributed by atoms with Gasteiger partial charge >= 0.3 is 5.97 Å². The molecule has 4 heteroatoms. The molecule has 4 nitrogen and oxygen atoms in total. The van der Waals surface area contributed by atoms with E-state index in [9.17, 15) is 9.59 Å². The van der Waals surface area contributed by atoms with Crippen molar-refractivity contribution in [3.8, 4) is 0 Å². The van der Waals surface area contributed by atoms with Crippen molar-refractivity contribution in [1.29, 1.82) is 0 Å². The summed E-state index contributed by atoms with van der Waals surface area (Å²) in [6, 6.07) is 10.8. The van der Waals surface area contributed by atoms with E-state index in [0.29, 0.717) is 22.7 Å². The van der Waals surface area contributed by atoms with Crippen molar-refractivity contribution in [2.75, 3.05) is 7.11 Å². The second-order valence-electron chi connectivity index (χ2n) is 4.59. The maximum absolute atomic E-state index is 11.9. The molecule has 1 aromatic heterocycles. The molecule has 0 spiro atoms. The van der Waals surface area contributed by atoms with Gasteiger partial charge < -0.3 is 9.15 Å². The van der Waals surface area contributed by atoms with E-state index in [1.807, 2.05) is 30.3 Å². The number of benzene rings is 1. The SMILES string of the molecule is COC(=O)/C(=C/c1cc(C(C)=O)c(C)o1)c1ccccc1. The lowest BCUT2D eigenvalue weighted by atomic mass is 10.0. The summed E-state index contributed by atoms with van der Waals surface area (Å²) < 4.78 is 10.3. The zero-order valence-electron chi connectivity index (χ0n) is 12.2. The van der Waals surface area contributed by atoms with Gasteiger partial charge in [0.15, 0.2) is 5.78 Å². The second-order valence-corrected chi connectivity index (χ2v) is 4.59. The molecule has 0 amide bonds. The number of aryl methyl sites for hydroxylation is 1. The van der Waals surface area contributed by atoms with Gasteiger partial charge in [0.05, 0.1) is 18.2 Å². The molecule has 0 aliphatic carbocycles. The maximum Gasteiger partial charge on any atom is 0.338 e. The van der Waals surface area contributed by atoms with Gasteiger partial charge in [0, 0.05) is 0 Å². The Kier molecular flexibility index (Phi) is 4.38. The largest absolute Gasteiger partial charge is 0.465 e. The molecule has 0 fully saturated rings. The van der Waals surface area contributed by atoms with Gasteiger partial charge in [-0.15, -0.1) is 0 Å². The number of methoxy groups -OCH3 is 1. The average Bonchev–Trinajstić information content (AvgIpc) is 2.86. The first-order valence-corrected chi connectivity index (χ1v) is 6.49. The molecule has 0 saturated heterocycles. The highest BCUT2D eigenvalue weighted by Crippen LogP contribution is 2.23. The van der Waals surface area contributed by atoms with Crippen LogP contribution in [0.1, 0.15) is 34.4 Å². The topological polar surface area (TPSA) is 56.5 Å². The van der Waals surface area contributed by atoms with Crippen molar-refractivity contribution in [3.63, 3.8) is 0 Å². The van der Waals surface area contributed by atoms with Crippen LogP contribution in [0, 0.1) is 6.92 Å². The smallest absolute Gasteiger partial charge is 0.338 e. The summed E-state index contributed by atoms with van der Waals surface area (Å²) in [5.74, 6) is 0.447. The molecule has 0 radical (unpaired) electrons. The van der Waals surface area contributed by atoms with Gasteiger partial charge in [-0.2, -0.15) is 0 Å². The molecule has 21 heavy (non-hydrogen) atoms. The highest BCUT2D eigenvalue weighted by atomic mass is 16.5. The summed E-state index contributed by atoms with van der Waals surface area (Å²) in [6.45, 7) is 3.19. The number of esters is 1. The molecule has 0 saturated carbocycles. The lowest BCUT2D eigenvalue weighted by molar-refractivity contribution is -0.133. The van der Waals surface area contributed by atoms with E-state index in [-0.39, 0.29) is 5.78 Å². The van der Waals surface area contributed by atoms with E-state index < -0.39 is 5.97 Å². The zero-order chi connectivity index (χ0) is 15.4. The minimum absolute atomic E-state index is 0.0739. The normalized spacial score (nSPS) is 11.3. The predicted molar refractivity (Wildman–Crippen MR) is 79.8 cm³/mol. The Labute approximate surface area is 123 Å². The molecule has 0 unspecified atom stereocenters. The average molecular weight is 284 g/mol. The van der Waals surface area contributed by atoms with Crippen LogP contribution in [0.15, 0.2) is 40.8 Å². The van der Waals surface area contributed by atoms with E-state index in [1.165, 1.54) is 14.0 Å². The van der Waals surface area contributed by atoms with Crippen molar-refractivity contribution in [2.45, 2.75) is 13.8 Å². The lowest BCUT2D eigenvalue weighted by Gasteiger charge is -2.04. The van der Waals surface area contributed by atoms with Crippen LogP contribution in [0.2, 0.25) is 0 Å². The van der Waals surface area contributed by atoms with Gasteiger partial charge in [0.25, 0.3) is 0 Å². The number of ether oxygens (including phenoxy) is 1. The zero-order valence-corrected chi connectivity index (χ0v) is 12.2. The number of Topliss-reactive ketones (excluding diaryl/α,β-unsaturated/α-hetero) is 1. The van der Waals surface area contributed by atoms with Crippen molar-refractivity contribution in [1.82, 2.24) is 0 Å². The Bertz CT molecular complexity index is 693.